The average molecular weight is 254 g/mol. The molecule has 0 radical (unpaired) electrons. The van der Waals surface area contributed by atoms with Gasteiger partial charge >= 0.3 is 0 Å². The van der Waals surface area contributed by atoms with E-state index in [1.807, 2.05) is 25.3 Å². The van der Waals surface area contributed by atoms with Gasteiger partial charge in [0.15, 0.2) is 5.82 Å². The maximum atomic E-state index is 6.16. The summed E-state index contributed by atoms with van der Waals surface area (Å²) in [6.07, 6.45) is 8.01. The van der Waals surface area contributed by atoms with E-state index in [0.717, 1.165) is 42.6 Å². The van der Waals surface area contributed by atoms with Crippen molar-refractivity contribution in [3.63, 3.8) is 0 Å². The molecule has 2 aromatic heterocycles. The molecule has 4 nitrogen and oxygen atoms in total. The lowest BCUT2D eigenvalue weighted by atomic mass is 10.1. The van der Waals surface area contributed by atoms with Gasteiger partial charge in [-0.1, -0.05) is 6.42 Å². The highest BCUT2D eigenvalue weighted by Gasteiger charge is 2.18. The lowest BCUT2D eigenvalue weighted by Crippen LogP contribution is -2.12. The van der Waals surface area contributed by atoms with Crippen molar-refractivity contribution in [2.24, 2.45) is 5.73 Å². The Kier molecular flexibility index (Phi) is 3.25. The van der Waals surface area contributed by atoms with Crippen LogP contribution in [0.3, 0.4) is 0 Å². The Morgan fingerprint density at radius 1 is 1.26 bits per heavy atom. The fourth-order valence-corrected chi connectivity index (χ4v) is 2.53. The fourth-order valence-electron chi connectivity index (χ4n) is 2.53. The van der Waals surface area contributed by atoms with Crippen LogP contribution < -0.4 is 5.73 Å². The average Bonchev–Trinajstić information content (AvgIpc) is 2.60. The van der Waals surface area contributed by atoms with Crippen molar-refractivity contribution in [3.8, 4) is 11.5 Å². The molecule has 1 unspecified atom stereocenters. The van der Waals surface area contributed by atoms with Crippen LogP contribution in [-0.2, 0) is 6.42 Å². The molecule has 0 spiro atoms. The minimum Gasteiger partial charge on any atom is -0.324 e. The third-order valence-electron chi connectivity index (χ3n) is 3.62. The van der Waals surface area contributed by atoms with Crippen LogP contribution in [0.5, 0.6) is 0 Å². The summed E-state index contributed by atoms with van der Waals surface area (Å²) in [7, 11) is 0. The molecule has 0 saturated carbocycles. The third kappa shape index (κ3) is 2.49. The quantitative estimate of drug-likeness (QED) is 0.794. The van der Waals surface area contributed by atoms with Crippen LogP contribution in [0.4, 0.5) is 0 Å². The first-order valence-corrected chi connectivity index (χ1v) is 6.78. The SMILES string of the molecule is Cc1ccnc(-c2ncc3c(n2)CCCCC3N)c1. The van der Waals surface area contributed by atoms with E-state index < -0.39 is 0 Å². The summed E-state index contributed by atoms with van der Waals surface area (Å²) in [5.74, 6) is 0.705. The summed E-state index contributed by atoms with van der Waals surface area (Å²) in [5.41, 5.74) is 10.4. The monoisotopic (exact) mass is 254 g/mol. The highest BCUT2D eigenvalue weighted by Crippen LogP contribution is 2.26. The Morgan fingerprint density at radius 2 is 2.16 bits per heavy atom. The van der Waals surface area contributed by atoms with Crippen molar-refractivity contribution < 1.29 is 0 Å². The molecule has 0 aliphatic heterocycles. The van der Waals surface area contributed by atoms with Gasteiger partial charge in [-0.25, -0.2) is 9.97 Å². The number of hydrogen-bond donors (Lipinski definition) is 1. The van der Waals surface area contributed by atoms with E-state index in [0.29, 0.717) is 5.82 Å². The molecule has 1 aliphatic carbocycles. The van der Waals surface area contributed by atoms with Crippen LogP contribution in [0.25, 0.3) is 11.5 Å². The summed E-state index contributed by atoms with van der Waals surface area (Å²) in [4.78, 5) is 13.5. The number of nitrogens with two attached hydrogens (primary N) is 1. The Balaban J connectivity index is 2.03. The Labute approximate surface area is 113 Å². The molecule has 0 bridgehead atoms. The van der Waals surface area contributed by atoms with Gasteiger partial charge in [-0.3, -0.25) is 4.98 Å². The van der Waals surface area contributed by atoms with Crippen LogP contribution >= 0.6 is 0 Å². The molecule has 0 amide bonds. The Bertz CT molecular complexity index is 594. The van der Waals surface area contributed by atoms with E-state index in [4.69, 9.17) is 5.73 Å². The van der Waals surface area contributed by atoms with Crippen molar-refractivity contribution in [1.82, 2.24) is 15.0 Å². The number of aryl methyl sites for hydroxylation is 2. The van der Waals surface area contributed by atoms with E-state index in [2.05, 4.69) is 15.0 Å². The van der Waals surface area contributed by atoms with Gasteiger partial charge in [0.1, 0.15) is 5.69 Å². The summed E-state index contributed by atoms with van der Waals surface area (Å²) in [6, 6.07) is 4.07. The zero-order valence-corrected chi connectivity index (χ0v) is 11.1. The van der Waals surface area contributed by atoms with Crippen LogP contribution in [0.15, 0.2) is 24.5 Å². The fraction of sp³-hybridized carbons (Fsp3) is 0.400. The molecule has 19 heavy (non-hydrogen) atoms. The molecule has 1 aliphatic rings. The predicted octanol–water partition coefficient (Wildman–Crippen LogP) is 2.57. The van der Waals surface area contributed by atoms with E-state index in [9.17, 15) is 0 Å². The molecule has 2 heterocycles. The van der Waals surface area contributed by atoms with E-state index in [1.165, 1.54) is 5.56 Å². The van der Waals surface area contributed by atoms with Gasteiger partial charge in [-0.15, -0.1) is 0 Å². The van der Waals surface area contributed by atoms with Crippen LogP contribution in [0.1, 0.15) is 42.1 Å². The normalized spacial score (nSPS) is 18.7. The van der Waals surface area contributed by atoms with Crippen LogP contribution in [0.2, 0.25) is 0 Å². The Hall–Kier alpha value is -1.81. The maximum Gasteiger partial charge on any atom is 0.178 e. The number of nitrogens with zero attached hydrogens (tertiary/aromatic N) is 3. The van der Waals surface area contributed by atoms with Crippen molar-refractivity contribution in [3.05, 3.63) is 41.3 Å². The number of aromatic nitrogens is 3. The van der Waals surface area contributed by atoms with Gasteiger partial charge in [-0.2, -0.15) is 0 Å². The zero-order chi connectivity index (χ0) is 13.2. The smallest absolute Gasteiger partial charge is 0.178 e. The second-order valence-corrected chi connectivity index (χ2v) is 5.17. The summed E-state index contributed by atoms with van der Waals surface area (Å²) >= 11 is 0. The van der Waals surface area contributed by atoms with E-state index >= 15 is 0 Å². The second kappa shape index (κ2) is 5.05. The van der Waals surface area contributed by atoms with E-state index in [-0.39, 0.29) is 6.04 Å². The zero-order valence-electron chi connectivity index (χ0n) is 11.1. The van der Waals surface area contributed by atoms with Gasteiger partial charge in [0, 0.05) is 29.7 Å². The van der Waals surface area contributed by atoms with E-state index in [1.54, 1.807) is 6.20 Å². The van der Waals surface area contributed by atoms with Crippen LogP contribution in [-0.4, -0.2) is 15.0 Å². The van der Waals surface area contributed by atoms with Gasteiger partial charge in [0.05, 0.1) is 0 Å². The minimum atomic E-state index is 0.0806. The lowest BCUT2D eigenvalue weighted by molar-refractivity contribution is 0.614. The van der Waals surface area contributed by atoms with Crippen molar-refractivity contribution >= 4 is 0 Å². The molecule has 0 saturated heterocycles. The topological polar surface area (TPSA) is 64.7 Å². The molecule has 1 atom stereocenters. The third-order valence-corrected chi connectivity index (χ3v) is 3.62. The largest absolute Gasteiger partial charge is 0.324 e. The summed E-state index contributed by atoms with van der Waals surface area (Å²) < 4.78 is 0. The molecule has 3 rings (SSSR count). The van der Waals surface area contributed by atoms with Crippen molar-refractivity contribution in [2.45, 2.75) is 38.6 Å². The number of rotatable bonds is 1. The number of pyridine rings is 1. The maximum absolute atomic E-state index is 6.16. The molecular weight excluding hydrogens is 236 g/mol. The first kappa shape index (κ1) is 12.2. The molecule has 4 heteroatoms. The molecule has 98 valence electrons. The molecule has 2 N–H and O–H groups in total. The molecule has 2 aromatic rings. The van der Waals surface area contributed by atoms with Gasteiger partial charge in [0.2, 0.25) is 0 Å². The number of fused-ring (bicyclic) bond motifs is 1. The van der Waals surface area contributed by atoms with Crippen molar-refractivity contribution in [2.75, 3.05) is 0 Å². The summed E-state index contributed by atoms with van der Waals surface area (Å²) in [6.45, 7) is 2.05. The second-order valence-electron chi connectivity index (χ2n) is 5.17. The first-order chi connectivity index (χ1) is 9.24. The molecule has 0 aromatic carbocycles. The summed E-state index contributed by atoms with van der Waals surface area (Å²) in [5, 5.41) is 0. The van der Waals surface area contributed by atoms with Gasteiger partial charge in [0.25, 0.3) is 0 Å². The van der Waals surface area contributed by atoms with Crippen molar-refractivity contribution in [1.29, 1.82) is 0 Å². The highest BCUT2D eigenvalue weighted by atomic mass is 14.9. The molecular formula is C15H18N4. The predicted molar refractivity (Wildman–Crippen MR) is 74.5 cm³/mol. The Morgan fingerprint density at radius 3 is 3.00 bits per heavy atom. The molecule has 0 fully saturated rings. The lowest BCUT2D eigenvalue weighted by Gasteiger charge is -2.12. The number of hydrogen-bond acceptors (Lipinski definition) is 4. The van der Waals surface area contributed by atoms with Gasteiger partial charge in [-0.05, 0) is 43.9 Å². The first-order valence-electron chi connectivity index (χ1n) is 6.78. The highest BCUT2D eigenvalue weighted by molar-refractivity contribution is 5.50. The van der Waals surface area contributed by atoms with Crippen LogP contribution in [0, 0.1) is 6.92 Å². The standard InChI is InChI=1S/C15H18N4/c1-10-6-7-17-14(8-10)15-18-9-11-12(16)4-2-3-5-13(11)19-15/h6-9,12H,2-5,16H2,1H3. The van der Waals surface area contributed by atoms with Gasteiger partial charge < -0.3 is 5.73 Å². The minimum absolute atomic E-state index is 0.0806.